The van der Waals surface area contributed by atoms with E-state index in [0.717, 1.165) is 44.6 Å². The Bertz CT molecular complexity index is 563. The molecule has 1 fully saturated rings. The molecule has 6 nitrogen and oxygen atoms in total. The number of hydrogen-bond donors (Lipinski definition) is 2. The van der Waals surface area contributed by atoms with E-state index in [-0.39, 0.29) is 42.5 Å². The summed E-state index contributed by atoms with van der Waals surface area (Å²) in [4.78, 5) is 30.8. The Morgan fingerprint density at radius 2 is 2.00 bits per heavy atom. The number of amides is 2. The van der Waals surface area contributed by atoms with Crippen LogP contribution in [0.15, 0.2) is 5.38 Å². The van der Waals surface area contributed by atoms with Gasteiger partial charge in [0.1, 0.15) is 0 Å². The summed E-state index contributed by atoms with van der Waals surface area (Å²) >= 11 is 1.37. The highest BCUT2D eigenvalue weighted by molar-refractivity contribution is 7.13. The first-order valence-corrected chi connectivity index (χ1v) is 9.64. The van der Waals surface area contributed by atoms with E-state index >= 15 is 0 Å². The fraction of sp³-hybridized carbons (Fsp3) is 0.706. The predicted molar refractivity (Wildman–Crippen MR) is 112 cm³/mol. The van der Waals surface area contributed by atoms with Crippen molar-refractivity contribution >= 4 is 53.1 Å². The highest BCUT2D eigenvalue weighted by Crippen LogP contribution is 2.19. The molecule has 150 valence electrons. The number of nitrogens with one attached hydrogen (secondary N) is 2. The van der Waals surface area contributed by atoms with Gasteiger partial charge in [-0.15, -0.1) is 36.2 Å². The number of piperidine rings is 1. The minimum Gasteiger partial charge on any atom is -0.339 e. The number of hydrogen-bond acceptors (Lipinski definition) is 5. The van der Waals surface area contributed by atoms with Crippen molar-refractivity contribution in [2.24, 2.45) is 5.92 Å². The first kappa shape index (κ1) is 25.1. The van der Waals surface area contributed by atoms with Gasteiger partial charge in [-0.1, -0.05) is 20.8 Å². The maximum Gasteiger partial charge on any atom is 0.228 e. The zero-order chi connectivity index (χ0) is 17.5. The fourth-order valence-electron chi connectivity index (χ4n) is 2.82. The summed E-state index contributed by atoms with van der Waals surface area (Å²) in [6.45, 7) is 8.53. The van der Waals surface area contributed by atoms with Gasteiger partial charge in [0.15, 0.2) is 5.13 Å². The van der Waals surface area contributed by atoms with Crippen LogP contribution in [0.25, 0.3) is 0 Å². The number of anilines is 1. The van der Waals surface area contributed by atoms with Gasteiger partial charge in [-0.2, -0.15) is 0 Å². The van der Waals surface area contributed by atoms with E-state index in [1.165, 1.54) is 11.3 Å². The Hall–Kier alpha value is -0.890. The molecule has 0 aliphatic carbocycles. The van der Waals surface area contributed by atoms with Gasteiger partial charge in [0.25, 0.3) is 0 Å². The average molecular weight is 425 g/mol. The monoisotopic (exact) mass is 424 g/mol. The largest absolute Gasteiger partial charge is 0.339 e. The summed E-state index contributed by atoms with van der Waals surface area (Å²) in [6.07, 6.45) is 3.29. The highest BCUT2D eigenvalue weighted by atomic mass is 35.5. The second-order valence-electron chi connectivity index (χ2n) is 6.53. The van der Waals surface area contributed by atoms with Crippen LogP contribution in [-0.4, -0.2) is 47.4 Å². The molecular formula is C17H30Cl2N4O2S. The van der Waals surface area contributed by atoms with Crippen LogP contribution >= 0.6 is 36.2 Å². The van der Waals surface area contributed by atoms with Crippen molar-refractivity contribution < 1.29 is 9.59 Å². The van der Waals surface area contributed by atoms with Gasteiger partial charge in [0.05, 0.1) is 12.1 Å². The molecule has 0 unspecified atom stereocenters. The van der Waals surface area contributed by atoms with Crippen LogP contribution in [0.4, 0.5) is 5.13 Å². The Morgan fingerprint density at radius 1 is 1.35 bits per heavy atom. The number of aromatic nitrogens is 1. The van der Waals surface area contributed by atoms with E-state index in [4.69, 9.17) is 0 Å². The average Bonchev–Trinajstić information content (AvgIpc) is 3.00. The Kier molecular flexibility index (Phi) is 12.1. The molecule has 2 rings (SSSR count). The standard InChI is InChI=1S/C17H28N4O2S.2ClH/c1-4-9-21(14-5-7-18-8-6-14)15(22)10-13-11-24-17(19-13)20-16(23)12(2)3;;/h11-12,14,18H,4-10H2,1-3H3,(H,19,20,23);2*1H. The predicted octanol–water partition coefficient (Wildman–Crippen LogP) is 3.11. The third kappa shape index (κ3) is 7.39. The number of thiazole rings is 1. The van der Waals surface area contributed by atoms with Crippen LogP contribution in [0.3, 0.4) is 0 Å². The van der Waals surface area contributed by atoms with E-state index in [2.05, 4.69) is 22.5 Å². The van der Waals surface area contributed by atoms with E-state index in [1.807, 2.05) is 24.1 Å². The molecule has 1 saturated heterocycles. The molecule has 1 aromatic heterocycles. The molecule has 0 atom stereocenters. The molecule has 1 aliphatic heterocycles. The van der Waals surface area contributed by atoms with Gasteiger partial charge in [-0.25, -0.2) is 4.98 Å². The van der Waals surface area contributed by atoms with E-state index in [0.29, 0.717) is 17.6 Å². The van der Waals surface area contributed by atoms with Crippen LogP contribution in [-0.2, 0) is 16.0 Å². The molecule has 1 aliphatic rings. The summed E-state index contributed by atoms with van der Waals surface area (Å²) in [6, 6.07) is 0.331. The van der Waals surface area contributed by atoms with Gasteiger partial charge in [-0.3, -0.25) is 9.59 Å². The molecule has 9 heteroatoms. The second kappa shape index (κ2) is 12.5. The minimum absolute atomic E-state index is 0. The van der Waals surface area contributed by atoms with Crippen molar-refractivity contribution in [3.63, 3.8) is 0 Å². The second-order valence-corrected chi connectivity index (χ2v) is 7.39. The summed E-state index contributed by atoms with van der Waals surface area (Å²) in [5.41, 5.74) is 0.735. The number of nitrogens with zero attached hydrogens (tertiary/aromatic N) is 2. The van der Waals surface area contributed by atoms with Crippen molar-refractivity contribution in [1.82, 2.24) is 15.2 Å². The van der Waals surface area contributed by atoms with Crippen LogP contribution in [0.1, 0.15) is 45.7 Å². The number of halogens is 2. The number of rotatable bonds is 7. The summed E-state index contributed by atoms with van der Waals surface area (Å²) in [7, 11) is 0. The Morgan fingerprint density at radius 3 is 2.58 bits per heavy atom. The van der Waals surface area contributed by atoms with Crippen molar-refractivity contribution in [2.45, 2.75) is 52.5 Å². The van der Waals surface area contributed by atoms with Crippen molar-refractivity contribution in [3.05, 3.63) is 11.1 Å². The number of carbonyl (C=O) groups is 2. The molecular weight excluding hydrogens is 395 g/mol. The first-order chi connectivity index (χ1) is 11.5. The Labute approximate surface area is 172 Å². The highest BCUT2D eigenvalue weighted by Gasteiger charge is 2.25. The van der Waals surface area contributed by atoms with Gasteiger partial charge in [0, 0.05) is 23.9 Å². The normalized spacial score (nSPS) is 14.3. The van der Waals surface area contributed by atoms with Crippen LogP contribution in [0.5, 0.6) is 0 Å². The van der Waals surface area contributed by atoms with Crippen molar-refractivity contribution in [1.29, 1.82) is 0 Å². The molecule has 0 spiro atoms. The molecule has 26 heavy (non-hydrogen) atoms. The SMILES string of the molecule is CCCN(C(=O)Cc1csc(NC(=O)C(C)C)n1)C1CCNCC1.Cl.Cl. The minimum atomic E-state index is -0.0843. The van der Waals surface area contributed by atoms with E-state index in [9.17, 15) is 9.59 Å². The molecule has 0 aromatic carbocycles. The van der Waals surface area contributed by atoms with Crippen LogP contribution < -0.4 is 10.6 Å². The molecule has 2 amide bonds. The van der Waals surface area contributed by atoms with E-state index < -0.39 is 0 Å². The summed E-state index contributed by atoms with van der Waals surface area (Å²) in [5.74, 6) is -0.000679. The molecule has 0 bridgehead atoms. The zero-order valence-electron chi connectivity index (χ0n) is 15.6. The molecule has 0 radical (unpaired) electrons. The van der Waals surface area contributed by atoms with Crippen LogP contribution in [0, 0.1) is 5.92 Å². The molecule has 1 aromatic rings. The molecule has 2 heterocycles. The van der Waals surface area contributed by atoms with Gasteiger partial charge in [-0.05, 0) is 32.4 Å². The fourth-order valence-corrected chi connectivity index (χ4v) is 3.54. The summed E-state index contributed by atoms with van der Waals surface area (Å²) < 4.78 is 0. The smallest absolute Gasteiger partial charge is 0.228 e. The lowest BCUT2D eigenvalue weighted by Gasteiger charge is -2.34. The zero-order valence-corrected chi connectivity index (χ0v) is 18.1. The van der Waals surface area contributed by atoms with Gasteiger partial charge < -0.3 is 15.5 Å². The third-order valence-electron chi connectivity index (χ3n) is 4.17. The molecule has 0 saturated carbocycles. The third-order valence-corrected chi connectivity index (χ3v) is 4.98. The quantitative estimate of drug-likeness (QED) is 0.704. The first-order valence-electron chi connectivity index (χ1n) is 8.76. The maximum atomic E-state index is 12.7. The molecule has 2 N–H and O–H groups in total. The van der Waals surface area contributed by atoms with Gasteiger partial charge in [0.2, 0.25) is 11.8 Å². The lowest BCUT2D eigenvalue weighted by Crippen LogP contribution is -2.47. The number of carbonyl (C=O) groups excluding carboxylic acids is 2. The lowest BCUT2D eigenvalue weighted by atomic mass is 10.0. The summed E-state index contributed by atoms with van der Waals surface area (Å²) in [5, 5.41) is 8.56. The van der Waals surface area contributed by atoms with Crippen LogP contribution in [0.2, 0.25) is 0 Å². The maximum absolute atomic E-state index is 12.7. The van der Waals surface area contributed by atoms with Gasteiger partial charge >= 0.3 is 0 Å². The lowest BCUT2D eigenvalue weighted by molar-refractivity contribution is -0.133. The topological polar surface area (TPSA) is 74.3 Å². The van der Waals surface area contributed by atoms with E-state index in [1.54, 1.807) is 0 Å². The van der Waals surface area contributed by atoms with Crippen molar-refractivity contribution in [3.8, 4) is 0 Å². The Balaban J connectivity index is 0.00000312. The van der Waals surface area contributed by atoms with Crippen molar-refractivity contribution in [2.75, 3.05) is 25.0 Å².